The SMILES string of the molecule is C.C.C.C.C.C.C.C.C.C.C=C.NC(=O)C[C@@H](N)C=O. The van der Waals surface area contributed by atoms with Crippen molar-refractivity contribution in [2.24, 2.45) is 11.5 Å². The predicted molar refractivity (Wildman–Crippen MR) is 106 cm³/mol. The van der Waals surface area contributed by atoms with E-state index in [1.165, 1.54) is 0 Å². The molecule has 1 atom stereocenters. The van der Waals surface area contributed by atoms with Crippen molar-refractivity contribution < 1.29 is 9.59 Å². The van der Waals surface area contributed by atoms with Crippen molar-refractivity contribution >= 4 is 12.2 Å². The van der Waals surface area contributed by atoms with Crippen LogP contribution in [0.3, 0.4) is 0 Å². The summed E-state index contributed by atoms with van der Waals surface area (Å²) < 4.78 is 0. The number of primary amides is 1. The molecule has 0 aliphatic carbocycles. The van der Waals surface area contributed by atoms with Crippen molar-refractivity contribution in [1.82, 2.24) is 0 Å². The lowest BCUT2D eigenvalue weighted by Crippen LogP contribution is -2.28. The van der Waals surface area contributed by atoms with Crippen LogP contribution in [-0.2, 0) is 9.59 Å². The number of amides is 1. The van der Waals surface area contributed by atoms with Gasteiger partial charge in [-0.2, -0.15) is 0 Å². The van der Waals surface area contributed by atoms with Gasteiger partial charge in [0.05, 0.1) is 6.04 Å². The van der Waals surface area contributed by atoms with E-state index in [0.29, 0.717) is 6.29 Å². The second-order valence-electron chi connectivity index (χ2n) is 1.47. The minimum absolute atomic E-state index is 0. The topological polar surface area (TPSA) is 86.2 Å². The first-order valence-corrected chi connectivity index (χ1v) is 2.66. The lowest BCUT2D eigenvalue weighted by Gasteiger charge is -1.95. The van der Waals surface area contributed by atoms with Gasteiger partial charge in [0.15, 0.2) is 0 Å². The molecular formula is C16H52N2O2. The van der Waals surface area contributed by atoms with E-state index in [1.54, 1.807) is 0 Å². The normalized spacial score (nSPS) is 5.25. The number of carbonyl (C=O) groups excluding carboxylic acids is 2. The molecule has 0 radical (unpaired) electrons. The van der Waals surface area contributed by atoms with Crippen LogP contribution in [-0.4, -0.2) is 18.2 Å². The summed E-state index contributed by atoms with van der Waals surface area (Å²) in [5, 5.41) is 0. The van der Waals surface area contributed by atoms with E-state index in [0.717, 1.165) is 0 Å². The minimum Gasteiger partial charge on any atom is -0.370 e. The lowest BCUT2D eigenvalue weighted by atomic mass is 10.2. The average Bonchev–Trinajstić information content (AvgIpc) is 1.91. The summed E-state index contributed by atoms with van der Waals surface area (Å²) in [7, 11) is 0. The van der Waals surface area contributed by atoms with Gasteiger partial charge in [0, 0.05) is 6.42 Å². The molecule has 0 unspecified atom stereocenters. The van der Waals surface area contributed by atoms with E-state index in [1.807, 2.05) is 0 Å². The Kier molecular flexibility index (Phi) is 693. The first-order valence-electron chi connectivity index (χ1n) is 2.66. The molecule has 0 saturated heterocycles. The quantitative estimate of drug-likeness (QED) is 0.529. The van der Waals surface area contributed by atoms with Crippen LogP contribution < -0.4 is 11.5 Å². The zero-order valence-electron chi connectivity index (χ0n) is 5.75. The zero-order chi connectivity index (χ0) is 8.57. The van der Waals surface area contributed by atoms with Crippen LogP contribution in [0.2, 0.25) is 0 Å². The molecule has 4 N–H and O–H groups in total. The fraction of sp³-hybridized carbons (Fsp3) is 0.750. The highest BCUT2D eigenvalue weighted by molar-refractivity contribution is 5.78. The van der Waals surface area contributed by atoms with Crippen molar-refractivity contribution in [1.29, 1.82) is 0 Å². The number of hydrogen-bond donors (Lipinski definition) is 2. The van der Waals surface area contributed by atoms with E-state index in [4.69, 9.17) is 11.5 Å². The lowest BCUT2D eigenvalue weighted by molar-refractivity contribution is -0.120. The molecule has 0 heterocycles. The Labute approximate surface area is 134 Å². The maximum atomic E-state index is 9.95. The molecule has 0 fully saturated rings. The summed E-state index contributed by atoms with van der Waals surface area (Å²) in [6.07, 6.45) is 0.425. The van der Waals surface area contributed by atoms with Gasteiger partial charge in [0.1, 0.15) is 6.29 Å². The van der Waals surface area contributed by atoms with Gasteiger partial charge in [-0.1, -0.05) is 74.3 Å². The van der Waals surface area contributed by atoms with Crippen LogP contribution in [0.15, 0.2) is 13.2 Å². The summed E-state index contributed by atoms with van der Waals surface area (Å²) in [4.78, 5) is 19.7. The van der Waals surface area contributed by atoms with Crippen LogP contribution in [0.1, 0.15) is 80.7 Å². The first-order chi connectivity index (χ1) is 4.66. The molecular weight excluding hydrogens is 252 g/mol. The van der Waals surface area contributed by atoms with Gasteiger partial charge >= 0.3 is 0 Å². The van der Waals surface area contributed by atoms with Crippen molar-refractivity contribution in [2.75, 3.05) is 0 Å². The predicted octanol–water partition coefficient (Wildman–Crippen LogP) is 5.55. The third kappa shape index (κ3) is 180. The molecule has 1 amide bonds. The molecule has 0 aromatic carbocycles. The monoisotopic (exact) mass is 304 g/mol. The standard InChI is InChI=1S/C4H8N2O2.C2H4.10CH4/c5-3(2-7)1-4(6)8;1-2;;;;;;;;;;/h2-3H,1,5H2,(H2,6,8);1-2H2;10*1H4/t3-;;;;;;;;;;;/m1.........../s1. The maximum Gasteiger partial charge on any atom is 0.219 e. The molecule has 0 aromatic rings. The van der Waals surface area contributed by atoms with Crippen molar-refractivity contribution in [3.05, 3.63) is 13.2 Å². The molecule has 0 aliphatic heterocycles. The third-order valence-corrected chi connectivity index (χ3v) is 0.612. The molecule has 0 saturated carbocycles. The van der Waals surface area contributed by atoms with Crippen molar-refractivity contribution in [2.45, 2.75) is 86.7 Å². The molecule has 0 aromatic heterocycles. The highest BCUT2D eigenvalue weighted by Gasteiger charge is 2.02. The smallest absolute Gasteiger partial charge is 0.219 e. The molecule has 4 nitrogen and oxygen atoms in total. The van der Waals surface area contributed by atoms with E-state index >= 15 is 0 Å². The van der Waals surface area contributed by atoms with Gasteiger partial charge in [0.2, 0.25) is 5.91 Å². The third-order valence-electron chi connectivity index (χ3n) is 0.612. The van der Waals surface area contributed by atoms with E-state index < -0.39 is 11.9 Å². The zero-order valence-corrected chi connectivity index (χ0v) is 5.75. The van der Waals surface area contributed by atoms with Crippen molar-refractivity contribution in [3.63, 3.8) is 0 Å². The summed E-state index contributed by atoms with van der Waals surface area (Å²) >= 11 is 0. The Balaban J connectivity index is -0.00000000511. The number of carbonyl (C=O) groups is 2. The van der Waals surface area contributed by atoms with E-state index in [2.05, 4.69) is 13.2 Å². The number of rotatable bonds is 3. The van der Waals surface area contributed by atoms with Crippen LogP contribution in [0, 0.1) is 0 Å². The molecule has 0 aliphatic rings. The van der Waals surface area contributed by atoms with Crippen LogP contribution in [0.4, 0.5) is 0 Å². The number of aldehydes is 1. The number of hydrogen-bond acceptors (Lipinski definition) is 3. The van der Waals surface area contributed by atoms with Crippen LogP contribution in [0.5, 0.6) is 0 Å². The highest BCUT2D eigenvalue weighted by Crippen LogP contribution is 1.78. The van der Waals surface area contributed by atoms with E-state index in [-0.39, 0.29) is 80.7 Å². The fourth-order valence-corrected chi connectivity index (χ4v) is 0.280. The Hall–Kier alpha value is -1.16. The summed E-state index contributed by atoms with van der Waals surface area (Å²) in [6.45, 7) is 6.00. The van der Waals surface area contributed by atoms with E-state index in [9.17, 15) is 9.59 Å². The molecule has 4 heteroatoms. The summed E-state index contributed by atoms with van der Waals surface area (Å²) in [5.74, 6) is -0.551. The Morgan fingerprint density at radius 1 is 0.850 bits per heavy atom. The van der Waals surface area contributed by atoms with Gasteiger partial charge in [-0.3, -0.25) is 4.79 Å². The van der Waals surface area contributed by atoms with Gasteiger partial charge in [-0.25, -0.2) is 0 Å². The largest absolute Gasteiger partial charge is 0.370 e. The van der Waals surface area contributed by atoms with Gasteiger partial charge in [-0.15, -0.1) is 13.2 Å². The summed E-state index contributed by atoms with van der Waals surface area (Å²) in [5.41, 5.74) is 9.70. The molecule has 138 valence electrons. The Morgan fingerprint density at radius 3 is 1.10 bits per heavy atom. The Morgan fingerprint density at radius 2 is 1.05 bits per heavy atom. The second kappa shape index (κ2) is 108. The first kappa shape index (κ1) is 128. The Bertz CT molecular complexity index is 119. The molecule has 0 rings (SSSR count). The average molecular weight is 305 g/mol. The van der Waals surface area contributed by atoms with Gasteiger partial charge in [-0.05, 0) is 0 Å². The molecule has 0 bridgehead atoms. The second-order valence-corrected chi connectivity index (χ2v) is 1.47. The molecule has 20 heavy (non-hydrogen) atoms. The molecule has 0 spiro atoms. The fourth-order valence-electron chi connectivity index (χ4n) is 0.280. The minimum atomic E-state index is -0.729. The maximum absolute atomic E-state index is 9.95. The van der Waals surface area contributed by atoms with Crippen LogP contribution >= 0.6 is 0 Å². The highest BCUT2D eigenvalue weighted by atomic mass is 16.1. The van der Waals surface area contributed by atoms with Crippen molar-refractivity contribution in [3.8, 4) is 0 Å². The van der Waals surface area contributed by atoms with Crippen LogP contribution in [0.25, 0.3) is 0 Å². The van der Waals surface area contributed by atoms with Gasteiger partial charge in [0.25, 0.3) is 0 Å². The summed E-state index contributed by atoms with van der Waals surface area (Å²) in [6, 6.07) is -0.729. The number of nitrogens with two attached hydrogens (primary N) is 2. The van der Waals surface area contributed by atoms with Gasteiger partial charge < -0.3 is 16.3 Å².